The third kappa shape index (κ3) is 3.02. The van der Waals surface area contributed by atoms with Crippen LogP contribution in [0.4, 0.5) is 0 Å². The molecule has 0 aliphatic rings. The Bertz CT molecular complexity index is 521. The smallest absolute Gasteiger partial charge is 0.235 e. The standard InChI is InChI=1S/C12H8Cl2O3/c13-8-3-4-11(9(14)6-8)17-7-10(15)12-2-1-5-16-12/h1-6H,7H2. The topological polar surface area (TPSA) is 39.4 Å². The number of benzene rings is 1. The first-order chi connectivity index (χ1) is 8.16. The minimum Gasteiger partial charge on any atom is -0.484 e. The minimum absolute atomic E-state index is 0.130. The average molecular weight is 271 g/mol. The minimum atomic E-state index is -0.249. The molecule has 0 N–H and O–H groups in total. The average Bonchev–Trinajstić information content (AvgIpc) is 2.81. The second-order valence-corrected chi connectivity index (χ2v) is 4.11. The van der Waals surface area contributed by atoms with Crippen molar-refractivity contribution in [2.75, 3.05) is 6.61 Å². The Balaban J connectivity index is 2.01. The van der Waals surface area contributed by atoms with E-state index in [9.17, 15) is 4.79 Å². The maximum atomic E-state index is 11.6. The number of halogens is 2. The second-order valence-electron chi connectivity index (χ2n) is 3.26. The van der Waals surface area contributed by atoms with Gasteiger partial charge in [-0.1, -0.05) is 23.2 Å². The summed E-state index contributed by atoms with van der Waals surface area (Å²) in [6.45, 7) is -0.130. The molecule has 0 saturated heterocycles. The van der Waals surface area contributed by atoms with E-state index in [0.717, 1.165) is 0 Å². The monoisotopic (exact) mass is 270 g/mol. The lowest BCUT2D eigenvalue weighted by atomic mass is 10.3. The maximum Gasteiger partial charge on any atom is 0.235 e. The highest BCUT2D eigenvalue weighted by Gasteiger charge is 2.10. The van der Waals surface area contributed by atoms with Crippen LogP contribution in [0.2, 0.25) is 10.0 Å². The second kappa shape index (κ2) is 5.25. The van der Waals surface area contributed by atoms with Gasteiger partial charge in [-0.15, -0.1) is 0 Å². The van der Waals surface area contributed by atoms with E-state index in [1.807, 2.05) is 0 Å². The number of hydrogen-bond acceptors (Lipinski definition) is 3. The summed E-state index contributed by atoms with van der Waals surface area (Å²) in [5.74, 6) is 0.423. The molecule has 88 valence electrons. The van der Waals surface area contributed by atoms with E-state index in [1.54, 1.807) is 30.3 Å². The van der Waals surface area contributed by atoms with Crippen LogP contribution in [0.3, 0.4) is 0 Å². The van der Waals surface area contributed by atoms with Crippen LogP contribution in [-0.2, 0) is 0 Å². The highest BCUT2D eigenvalue weighted by atomic mass is 35.5. The largest absolute Gasteiger partial charge is 0.484 e. The lowest BCUT2D eigenvalue weighted by molar-refractivity contribution is 0.0894. The number of ketones is 1. The van der Waals surface area contributed by atoms with Crippen molar-refractivity contribution in [1.82, 2.24) is 0 Å². The van der Waals surface area contributed by atoms with Gasteiger partial charge < -0.3 is 9.15 Å². The van der Waals surface area contributed by atoms with E-state index in [-0.39, 0.29) is 18.2 Å². The molecule has 2 rings (SSSR count). The van der Waals surface area contributed by atoms with Gasteiger partial charge in [0.05, 0.1) is 11.3 Å². The summed E-state index contributed by atoms with van der Waals surface area (Å²) in [6, 6.07) is 8.02. The van der Waals surface area contributed by atoms with E-state index < -0.39 is 0 Å². The van der Waals surface area contributed by atoms with Gasteiger partial charge in [0.25, 0.3) is 0 Å². The normalized spacial score (nSPS) is 10.2. The predicted octanol–water partition coefficient (Wildman–Crippen LogP) is 3.85. The first kappa shape index (κ1) is 12.0. The molecule has 0 spiro atoms. The number of carbonyl (C=O) groups excluding carboxylic acids is 1. The molecule has 17 heavy (non-hydrogen) atoms. The van der Waals surface area contributed by atoms with E-state index in [0.29, 0.717) is 15.8 Å². The first-order valence-electron chi connectivity index (χ1n) is 4.81. The molecule has 1 aromatic heterocycles. The zero-order valence-corrected chi connectivity index (χ0v) is 10.2. The Labute approximate surface area is 108 Å². The zero-order chi connectivity index (χ0) is 12.3. The molecule has 1 aromatic carbocycles. The molecule has 0 aliphatic carbocycles. The summed E-state index contributed by atoms with van der Waals surface area (Å²) in [4.78, 5) is 11.6. The van der Waals surface area contributed by atoms with Crippen molar-refractivity contribution < 1.29 is 13.9 Å². The van der Waals surface area contributed by atoms with Crippen molar-refractivity contribution >= 4 is 29.0 Å². The SMILES string of the molecule is O=C(COc1ccc(Cl)cc1Cl)c1ccco1. The summed E-state index contributed by atoms with van der Waals surface area (Å²) >= 11 is 11.6. The maximum absolute atomic E-state index is 11.6. The summed E-state index contributed by atoms with van der Waals surface area (Å²) in [5.41, 5.74) is 0. The molecule has 0 amide bonds. The van der Waals surface area contributed by atoms with Crippen LogP contribution in [0.15, 0.2) is 41.0 Å². The van der Waals surface area contributed by atoms with E-state index in [1.165, 1.54) is 6.26 Å². The fourth-order valence-electron chi connectivity index (χ4n) is 1.24. The molecule has 1 heterocycles. The van der Waals surface area contributed by atoms with Crippen molar-refractivity contribution in [2.45, 2.75) is 0 Å². The molecule has 0 unspecified atom stereocenters. The summed E-state index contributed by atoms with van der Waals surface area (Å²) in [6.07, 6.45) is 1.43. The van der Waals surface area contributed by atoms with Gasteiger partial charge in [0, 0.05) is 5.02 Å². The summed E-state index contributed by atoms with van der Waals surface area (Å²) < 4.78 is 10.2. The molecule has 0 saturated carbocycles. The lowest BCUT2D eigenvalue weighted by Crippen LogP contribution is -2.10. The number of rotatable bonds is 4. The van der Waals surface area contributed by atoms with E-state index >= 15 is 0 Å². The molecular weight excluding hydrogens is 263 g/mol. The van der Waals surface area contributed by atoms with Gasteiger partial charge in [-0.2, -0.15) is 0 Å². The van der Waals surface area contributed by atoms with Gasteiger partial charge in [-0.05, 0) is 30.3 Å². The zero-order valence-electron chi connectivity index (χ0n) is 8.65. The fraction of sp³-hybridized carbons (Fsp3) is 0.0833. The van der Waals surface area contributed by atoms with Gasteiger partial charge >= 0.3 is 0 Å². The number of Topliss-reactive ketones (excluding diaryl/α,β-unsaturated/α-hetero) is 1. The molecule has 5 heteroatoms. The van der Waals surface area contributed by atoms with Gasteiger partial charge in [-0.25, -0.2) is 0 Å². The molecular formula is C12H8Cl2O3. The van der Waals surface area contributed by atoms with Crippen LogP contribution >= 0.6 is 23.2 Å². The highest BCUT2D eigenvalue weighted by molar-refractivity contribution is 6.35. The van der Waals surface area contributed by atoms with E-state index in [4.69, 9.17) is 32.4 Å². The molecule has 0 bridgehead atoms. The van der Waals surface area contributed by atoms with Crippen LogP contribution < -0.4 is 4.74 Å². The van der Waals surface area contributed by atoms with Gasteiger partial charge in [0.1, 0.15) is 5.75 Å². The Morgan fingerprint density at radius 3 is 2.76 bits per heavy atom. The summed E-state index contributed by atoms with van der Waals surface area (Å²) in [7, 11) is 0. The van der Waals surface area contributed by atoms with Gasteiger partial charge in [0.2, 0.25) is 5.78 Å². The van der Waals surface area contributed by atoms with Crippen molar-refractivity contribution in [3.63, 3.8) is 0 Å². The van der Waals surface area contributed by atoms with Crippen molar-refractivity contribution in [3.05, 3.63) is 52.4 Å². The third-order valence-corrected chi connectivity index (χ3v) is 2.58. The molecule has 3 nitrogen and oxygen atoms in total. The number of ether oxygens (including phenoxy) is 1. The van der Waals surface area contributed by atoms with E-state index in [2.05, 4.69) is 0 Å². The van der Waals surface area contributed by atoms with Crippen molar-refractivity contribution in [2.24, 2.45) is 0 Å². The highest BCUT2D eigenvalue weighted by Crippen LogP contribution is 2.27. The molecule has 2 aromatic rings. The number of hydrogen-bond donors (Lipinski definition) is 0. The van der Waals surface area contributed by atoms with Crippen molar-refractivity contribution in [1.29, 1.82) is 0 Å². The van der Waals surface area contributed by atoms with Gasteiger partial charge in [0.15, 0.2) is 12.4 Å². The van der Waals surface area contributed by atoms with Gasteiger partial charge in [-0.3, -0.25) is 4.79 Å². The Morgan fingerprint density at radius 2 is 2.12 bits per heavy atom. The van der Waals surface area contributed by atoms with Crippen LogP contribution in [0.1, 0.15) is 10.6 Å². The van der Waals surface area contributed by atoms with Crippen LogP contribution in [0.5, 0.6) is 5.75 Å². The third-order valence-electron chi connectivity index (χ3n) is 2.05. The lowest BCUT2D eigenvalue weighted by Gasteiger charge is -2.06. The number of carbonyl (C=O) groups is 1. The Morgan fingerprint density at radius 1 is 1.29 bits per heavy atom. The quantitative estimate of drug-likeness (QED) is 0.793. The van der Waals surface area contributed by atoms with Crippen LogP contribution in [-0.4, -0.2) is 12.4 Å². The summed E-state index contributed by atoms with van der Waals surface area (Å²) in [5, 5.41) is 0.879. The molecule has 0 radical (unpaired) electrons. The predicted molar refractivity (Wildman–Crippen MR) is 65.0 cm³/mol. The van der Waals surface area contributed by atoms with Crippen molar-refractivity contribution in [3.8, 4) is 5.75 Å². The molecule has 0 fully saturated rings. The Kier molecular flexibility index (Phi) is 3.71. The van der Waals surface area contributed by atoms with Crippen LogP contribution in [0.25, 0.3) is 0 Å². The fourth-order valence-corrected chi connectivity index (χ4v) is 1.71. The number of furan rings is 1. The molecule has 0 aliphatic heterocycles. The van der Waals surface area contributed by atoms with Crippen LogP contribution in [0, 0.1) is 0 Å². The molecule has 0 atom stereocenters. The first-order valence-corrected chi connectivity index (χ1v) is 5.57. The Hall–Kier alpha value is -1.45.